The first-order valence-corrected chi connectivity index (χ1v) is 5.51. The molecule has 0 bridgehead atoms. The van der Waals surface area contributed by atoms with Crippen molar-refractivity contribution in [3.8, 4) is 5.75 Å². The van der Waals surface area contributed by atoms with Gasteiger partial charge in [-0.2, -0.15) is 8.78 Å². The van der Waals surface area contributed by atoms with E-state index in [0.717, 1.165) is 0 Å². The smallest absolute Gasteiger partial charge is 0.387 e. The van der Waals surface area contributed by atoms with Gasteiger partial charge in [0.25, 0.3) is 0 Å². The molecule has 0 fully saturated rings. The summed E-state index contributed by atoms with van der Waals surface area (Å²) in [5, 5.41) is 10.2. The van der Waals surface area contributed by atoms with Crippen LogP contribution >= 0.6 is 0 Å². The first-order valence-electron chi connectivity index (χ1n) is 5.51. The number of rotatable bonds is 4. The Morgan fingerprint density at radius 3 is 2.47 bits per heavy atom. The minimum atomic E-state index is -2.96. The fourth-order valence-corrected chi connectivity index (χ4v) is 1.74. The van der Waals surface area contributed by atoms with Crippen LogP contribution in [0.5, 0.6) is 5.75 Å². The van der Waals surface area contributed by atoms with E-state index < -0.39 is 12.7 Å². The van der Waals surface area contributed by atoms with E-state index in [9.17, 15) is 13.9 Å². The topological polar surface area (TPSA) is 68.4 Å². The molecule has 2 aromatic rings. The summed E-state index contributed by atoms with van der Waals surface area (Å²) in [6, 6.07) is 9.19. The molecule has 1 unspecified atom stereocenters. The molecule has 0 aliphatic rings. The average Bonchev–Trinajstić information content (AvgIpc) is 2.38. The predicted octanol–water partition coefficient (Wildman–Crippen LogP) is 2.35. The second-order valence-electron chi connectivity index (χ2n) is 3.80. The zero-order valence-electron chi connectivity index (χ0n) is 9.83. The third-order valence-electron chi connectivity index (χ3n) is 2.60. The molecule has 6 heteroatoms. The Labute approximate surface area is 108 Å². The van der Waals surface area contributed by atoms with Crippen LogP contribution in [-0.2, 0) is 0 Å². The number of hydrogen-bond donors (Lipinski definition) is 2. The molecule has 3 N–H and O–H groups in total. The Hall–Kier alpha value is -2.21. The minimum absolute atomic E-state index is 0.0896. The number of hydrogen-bond acceptors (Lipinski definition) is 4. The Kier molecular flexibility index (Phi) is 3.91. The van der Waals surface area contributed by atoms with E-state index in [4.69, 9.17) is 5.73 Å². The molecular weight excluding hydrogens is 254 g/mol. The van der Waals surface area contributed by atoms with Gasteiger partial charge in [-0.15, -0.1) is 0 Å². The lowest BCUT2D eigenvalue weighted by Gasteiger charge is -2.16. The maximum Gasteiger partial charge on any atom is 0.387 e. The zero-order chi connectivity index (χ0) is 13.8. The normalized spacial score (nSPS) is 12.4. The van der Waals surface area contributed by atoms with Crippen LogP contribution in [-0.4, -0.2) is 16.7 Å². The molecule has 0 saturated heterocycles. The number of nitrogen functional groups attached to an aromatic ring is 1. The molecule has 19 heavy (non-hydrogen) atoms. The molecule has 100 valence electrons. The second-order valence-corrected chi connectivity index (χ2v) is 3.80. The van der Waals surface area contributed by atoms with Crippen molar-refractivity contribution in [2.24, 2.45) is 0 Å². The number of aromatic nitrogens is 1. The number of pyridine rings is 1. The molecule has 1 aromatic heterocycles. The summed E-state index contributed by atoms with van der Waals surface area (Å²) in [4.78, 5) is 3.85. The maximum absolute atomic E-state index is 12.3. The average molecular weight is 266 g/mol. The molecule has 4 nitrogen and oxygen atoms in total. The fourth-order valence-electron chi connectivity index (χ4n) is 1.74. The summed E-state index contributed by atoms with van der Waals surface area (Å²) in [6.07, 6.45) is 0.302. The van der Waals surface area contributed by atoms with E-state index in [-0.39, 0.29) is 17.1 Å². The molecule has 0 radical (unpaired) electrons. The highest BCUT2D eigenvalue weighted by molar-refractivity contribution is 5.47. The van der Waals surface area contributed by atoms with E-state index in [1.165, 1.54) is 18.3 Å². The molecule has 1 aromatic carbocycles. The summed E-state index contributed by atoms with van der Waals surface area (Å²) < 4.78 is 29.0. The van der Waals surface area contributed by atoms with Crippen molar-refractivity contribution in [1.82, 2.24) is 4.98 Å². The van der Waals surface area contributed by atoms with Crippen molar-refractivity contribution in [2.45, 2.75) is 12.7 Å². The van der Waals surface area contributed by atoms with Gasteiger partial charge < -0.3 is 15.6 Å². The van der Waals surface area contributed by atoms with Crippen molar-refractivity contribution in [1.29, 1.82) is 0 Å². The van der Waals surface area contributed by atoms with Crippen LogP contribution < -0.4 is 10.5 Å². The molecular formula is C13H12F2N2O2. The quantitative estimate of drug-likeness (QED) is 0.891. The van der Waals surface area contributed by atoms with Gasteiger partial charge in [-0.1, -0.05) is 24.3 Å². The first-order chi connectivity index (χ1) is 9.09. The highest BCUT2D eigenvalue weighted by atomic mass is 19.3. The van der Waals surface area contributed by atoms with Crippen molar-refractivity contribution in [3.05, 3.63) is 53.7 Å². The maximum atomic E-state index is 12.3. The summed E-state index contributed by atoms with van der Waals surface area (Å²) in [7, 11) is 0. The van der Waals surface area contributed by atoms with Crippen molar-refractivity contribution < 1.29 is 18.6 Å². The number of halogens is 2. The highest BCUT2D eigenvalue weighted by Crippen LogP contribution is 2.32. The van der Waals surface area contributed by atoms with Crippen LogP contribution in [0.3, 0.4) is 0 Å². The largest absolute Gasteiger partial charge is 0.434 e. The molecule has 0 spiro atoms. The fraction of sp³-hybridized carbons (Fsp3) is 0.154. The van der Waals surface area contributed by atoms with Crippen LogP contribution in [0.25, 0.3) is 0 Å². The number of alkyl halides is 2. The van der Waals surface area contributed by atoms with Crippen LogP contribution in [0.1, 0.15) is 17.2 Å². The van der Waals surface area contributed by atoms with E-state index in [2.05, 4.69) is 9.72 Å². The van der Waals surface area contributed by atoms with E-state index in [1.54, 1.807) is 24.3 Å². The van der Waals surface area contributed by atoms with E-state index in [0.29, 0.717) is 5.56 Å². The van der Waals surface area contributed by atoms with Crippen molar-refractivity contribution >= 4 is 5.82 Å². The van der Waals surface area contributed by atoms with Crippen molar-refractivity contribution in [2.75, 3.05) is 5.73 Å². The number of aliphatic hydroxyl groups excluding tert-OH is 1. The van der Waals surface area contributed by atoms with Crippen LogP contribution in [0.15, 0.2) is 42.6 Å². The zero-order valence-corrected chi connectivity index (χ0v) is 9.83. The van der Waals surface area contributed by atoms with Gasteiger partial charge in [0.05, 0.1) is 0 Å². The lowest BCUT2D eigenvalue weighted by molar-refractivity contribution is -0.0512. The number of para-hydroxylation sites is 1. The van der Waals surface area contributed by atoms with E-state index in [1.807, 2.05) is 0 Å². The molecule has 0 saturated carbocycles. The number of nitrogens with two attached hydrogens (primary N) is 1. The Balaban J connectivity index is 2.39. The third kappa shape index (κ3) is 2.97. The Morgan fingerprint density at radius 1 is 1.11 bits per heavy atom. The number of ether oxygens (including phenoxy) is 1. The third-order valence-corrected chi connectivity index (χ3v) is 2.60. The Bertz CT molecular complexity index is 564. The van der Waals surface area contributed by atoms with Gasteiger partial charge >= 0.3 is 6.61 Å². The molecule has 1 atom stereocenters. The number of aliphatic hydroxyl groups is 1. The van der Waals surface area contributed by atoms with Gasteiger partial charge in [0, 0.05) is 17.3 Å². The van der Waals surface area contributed by atoms with Crippen LogP contribution in [0.2, 0.25) is 0 Å². The van der Waals surface area contributed by atoms with Gasteiger partial charge in [0.2, 0.25) is 0 Å². The van der Waals surface area contributed by atoms with Gasteiger partial charge in [0.15, 0.2) is 0 Å². The van der Waals surface area contributed by atoms with E-state index >= 15 is 0 Å². The monoisotopic (exact) mass is 266 g/mol. The van der Waals surface area contributed by atoms with Crippen LogP contribution in [0.4, 0.5) is 14.6 Å². The lowest BCUT2D eigenvalue weighted by Crippen LogP contribution is -2.09. The molecule has 0 amide bonds. The van der Waals surface area contributed by atoms with Crippen LogP contribution in [0, 0.1) is 0 Å². The minimum Gasteiger partial charge on any atom is -0.434 e. The van der Waals surface area contributed by atoms with Gasteiger partial charge in [-0.25, -0.2) is 4.98 Å². The predicted molar refractivity (Wildman–Crippen MR) is 65.8 cm³/mol. The lowest BCUT2D eigenvalue weighted by atomic mass is 10.0. The number of anilines is 1. The van der Waals surface area contributed by atoms with Gasteiger partial charge in [-0.3, -0.25) is 0 Å². The molecule has 0 aliphatic carbocycles. The summed E-state index contributed by atoms with van der Waals surface area (Å²) >= 11 is 0. The molecule has 2 rings (SSSR count). The van der Waals surface area contributed by atoms with Crippen molar-refractivity contribution in [3.63, 3.8) is 0 Å². The molecule has 1 heterocycles. The highest BCUT2D eigenvalue weighted by Gasteiger charge is 2.19. The van der Waals surface area contributed by atoms with Gasteiger partial charge in [0.1, 0.15) is 17.7 Å². The first kappa shape index (κ1) is 13.2. The summed E-state index contributed by atoms with van der Waals surface area (Å²) in [5.74, 6) is 0.0510. The van der Waals surface area contributed by atoms with Gasteiger partial charge in [-0.05, 0) is 12.1 Å². The number of benzene rings is 1. The standard InChI is InChI=1S/C13H12F2N2O2/c14-13(15)19-10-6-2-1-4-8(10)11(18)9-5-3-7-17-12(9)16/h1-7,11,13,18H,(H2,16,17). The Morgan fingerprint density at radius 2 is 1.79 bits per heavy atom. The number of nitrogens with zero attached hydrogens (tertiary/aromatic N) is 1. The second kappa shape index (κ2) is 5.62. The molecule has 0 aliphatic heterocycles. The summed E-state index contributed by atoms with van der Waals surface area (Å²) in [6.45, 7) is -2.96. The SMILES string of the molecule is Nc1ncccc1C(O)c1ccccc1OC(F)F. The summed E-state index contributed by atoms with van der Waals surface area (Å²) in [5.41, 5.74) is 6.20.